The summed E-state index contributed by atoms with van der Waals surface area (Å²) in [6.45, 7) is 8.31. The molecule has 0 bridgehead atoms. The molecule has 6 nitrogen and oxygen atoms in total. The molecule has 1 aliphatic heterocycles. The number of amides is 2. The van der Waals surface area contributed by atoms with Crippen LogP contribution < -0.4 is 5.32 Å². The Labute approximate surface area is 183 Å². The van der Waals surface area contributed by atoms with Gasteiger partial charge in [0.2, 0.25) is 5.91 Å². The summed E-state index contributed by atoms with van der Waals surface area (Å²) in [5.74, 6) is 0.664. The molecule has 0 radical (unpaired) electrons. The van der Waals surface area contributed by atoms with Crippen LogP contribution in [0.1, 0.15) is 68.6 Å². The molecule has 30 heavy (non-hydrogen) atoms. The Morgan fingerprint density at radius 3 is 2.67 bits per heavy atom. The fourth-order valence-electron chi connectivity index (χ4n) is 3.87. The first kappa shape index (κ1) is 22.3. The van der Waals surface area contributed by atoms with Crippen molar-refractivity contribution in [1.82, 2.24) is 14.7 Å². The number of piperidine rings is 1. The van der Waals surface area contributed by atoms with Crippen LogP contribution in [0.4, 0.5) is 5.69 Å². The van der Waals surface area contributed by atoms with E-state index in [1.165, 1.54) is 0 Å². The van der Waals surface area contributed by atoms with Gasteiger partial charge in [-0.3, -0.25) is 14.3 Å². The van der Waals surface area contributed by atoms with Crippen molar-refractivity contribution in [2.45, 2.75) is 58.9 Å². The molecule has 1 aromatic heterocycles. The van der Waals surface area contributed by atoms with Crippen LogP contribution in [-0.2, 0) is 11.3 Å². The number of nitrogens with zero attached hydrogens (tertiary/aromatic N) is 3. The Kier molecular flexibility index (Phi) is 7.53. The van der Waals surface area contributed by atoms with E-state index in [9.17, 15) is 9.59 Å². The van der Waals surface area contributed by atoms with E-state index < -0.39 is 0 Å². The molecule has 1 unspecified atom stereocenters. The number of anilines is 1. The van der Waals surface area contributed by atoms with E-state index in [4.69, 9.17) is 11.6 Å². The zero-order valence-corrected chi connectivity index (χ0v) is 18.8. The van der Waals surface area contributed by atoms with E-state index in [2.05, 4.69) is 24.3 Å². The van der Waals surface area contributed by atoms with Crippen LogP contribution in [0.15, 0.2) is 30.3 Å². The van der Waals surface area contributed by atoms with Gasteiger partial charge < -0.3 is 10.2 Å². The summed E-state index contributed by atoms with van der Waals surface area (Å²) in [6.07, 6.45) is 3.22. The molecule has 1 atom stereocenters. The SMILES string of the molecule is CCn1nc(C(C)C)cc1C(=O)N1CCCC(CCC(=O)Nc2ccc(Cl)cc2)C1. The second-order valence-electron chi connectivity index (χ2n) is 8.28. The fraction of sp³-hybridized carbons (Fsp3) is 0.522. The van der Waals surface area contributed by atoms with Crippen LogP contribution in [0.5, 0.6) is 0 Å². The van der Waals surface area contributed by atoms with Crippen molar-refractivity contribution >= 4 is 29.1 Å². The Hall–Kier alpha value is -2.34. The third kappa shape index (κ3) is 5.63. The highest BCUT2D eigenvalue weighted by molar-refractivity contribution is 6.30. The Bertz CT molecular complexity index is 876. The number of hydrogen-bond acceptors (Lipinski definition) is 3. The van der Waals surface area contributed by atoms with Gasteiger partial charge in [-0.2, -0.15) is 5.10 Å². The molecule has 2 aromatic rings. The average Bonchev–Trinajstić information content (AvgIpc) is 3.18. The minimum Gasteiger partial charge on any atom is -0.337 e. The molecule has 1 aliphatic rings. The summed E-state index contributed by atoms with van der Waals surface area (Å²) in [5.41, 5.74) is 2.37. The molecule has 1 N–H and O–H groups in total. The molecule has 0 aliphatic carbocycles. The van der Waals surface area contributed by atoms with Crippen molar-refractivity contribution in [2.75, 3.05) is 18.4 Å². The van der Waals surface area contributed by atoms with E-state index >= 15 is 0 Å². The second kappa shape index (κ2) is 10.1. The smallest absolute Gasteiger partial charge is 0.272 e. The third-order valence-corrected chi connectivity index (χ3v) is 5.87. The van der Waals surface area contributed by atoms with Crippen molar-refractivity contribution < 1.29 is 9.59 Å². The Morgan fingerprint density at radius 2 is 2.00 bits per heavy atom. The fourth-order valence-corrected chi connectivity index (χ4v) is 4.00. The van der Waals surface area contributed by atoms with Crippen molar-refractivity contribution in [3.8, 4) is 0 Å². The third-order valence-electron chi connectivity index (χ3n) is 5.62. The van der Waals surface area contributed by atoms with Crippen LogP contribution in [0.25, 0.3) is 0 Å². The van der Waals surface area contributed by atoms with Crippen molar-refractivity contribution in [3.05, 3.63) is 46.7 Å². The van der Waals surface area contributed by atoms with Crippen molar-refractivity contribution in [3.63, 3.8) is 0 Å². The summed E-state index contributed by atoms with van der Waals surface area (Å²) in [7, 11) is 0. The molecule has 162 valence electrons. The molecule has 2 amide bonds. The van der Waals surface area contributed by atoms with E-state index in [0.29, 0.717) is 36.1 Å². The minimum absolute atomic E-state index is 0.00796. The number of rotatable bonds is 7. The molecule has 3 rings (SSSR count). The summed E-state index contributed by atoms with van der Waals surface area (Å²) in [6, 6.07) is 9.04. The van der Waals surface area contributed by atoms with Gasteiger partial charge in [0.15, 0.2) is 0 Å². The van der Waals surface area contributed by atoms with E-state index in [1.807, 2.05) is 17.9 Å². The number of aromatic nitrogens is 2. The predicted octanol–water partition coefficient (Wildman–Crippen LogP) is 4.95. The Balaban J connectivity index is 1.55. The summed E-state index contributed by atoms with van der Waals surface area (Å²) < 4.78 is 1.81. The maximum absolute atomic E-state index is 13.1. The van der Waals surface area contributed by atoms with Crippen molar-refractivity contribution in [2.24, 2.45) is 5.92 Å². The Morgan fingerprint density at radius 1 is 1.27 bits per heavy atom. The summed E-state index contributed by atoms with van der Waals surface area (Å²) in [4.78, 5) is 27.4. The van der Waals surface area contributed by atoms with Gasteiger partial charge in [-0.1, -0.05) is 25.4 Å². The molecule has 1 fully saturated rings. The van der Waals surface area contributed by atoms with Crippen LogP contribution in [-0.4, -0.2) is 39.6 Å². The lowest BCUT2D eigenvalue weighted by Crippen LogP contribution is -2.41. The van der Waals surface area contributed by atoms with Gasteiger partial charge in [0.05, 0.1) is 5.69 Å². The zero-order chi connectivity index (χ0) is 21.7. The minimum atomic E-state index is -0.00796. The highest BCUT2D eigenvalue weighted by Gasteiger charge is 2.27. The van der Waals surface area contributed by atoms with E-state index in [1.54, 1.807) is 28.9 Å². The van der Waals surface area contributed by atoms with Gasteiger partial charge in [-0.15, -0.1) is 0 Å². The van der Waals surface area contributed by atoms with Crippen LogP contribution >= 0.6 is 11.6 Å². The van der Waals surface area contributed by atoms with Gasteiger partial charge in [0, 0.05) is 36.8 Å². The van der Waals surface area contributed by atoms with E-state index in [0.717, 1.165) is 37.2 Å². The maximum atomic E-state index is 13.1. The highest BCUT2D eigenvalue weighted by Crippen LogP contribution is 2.24. The molecule has 1 saturated heterocycles. The van der Waals surface area contributed by atoms with Crippen LogP contribution in [0.2, 0.25) is 5.02 Å². The first-order chi connectivity index (χ1) is 14.4. The number of hydrogen-bond donors (Lipinski definition) is 1. The zero-order valence-electron chi connectivity index (χ0n) is 18.0. The molecule has 2 heterocycles. The lowest BCUT2D eigenvalue weighted by molar-refractivity contribution is -0.116. The average molecular weight is 431 g/mol. The normalized spacial score (nSPS) is 16.7. The number of carbonyl (C=O) groups is 2. The lowest BCUT2D eigenvalue weighted by atomic mass is 9.93. The molecule has 7 heteroatoms. The lowest BCUT2D eigenvalue weighted by Gasteiger charge is -2.32. The number of aryl methyl sites for hydroxylation is 1. The monoisotopic (exact) mass is 430 g/mol. The number of nitrogens with one attached hydrogen (secondary N) is 1. The van der Waals surface area contributed by atoms with Crippen LogP contribution in [0.3, 0.4) is 0 Å². The van der Waals surface area contributed by atoms with Crippen molar-refractivity contribution in [1.29, 1.82) is 0 Å². The molecular weight excluding hydrogens is 400 g/mol. The first-order valence-electron chi connectivity index (χ1n) is 10.8. The van der Waals surface area contributed by atoms with Gasteiger partial charge in [0.1, 0.15) is 5.69 Å². The van der Waals surface area contributed by atoms with Gasteiger partial charge in [0.25, 0.3) is 5.91 Å². The summed E-state index contributed by atoms with van der Waals surface area (Å²) >= 11 is 5.88. The highest BCUT2D eigenvalue weighted by atomic mass is 35.5. The molecule has 1 aromatic carbocycles. The molecular formula is C23H31ClN4O2. The second-order valence-corrected chi connectivity index (χ2v) is 8.71. The molecule has 0 saturated carbocycles. The number of benzene rings is 1. The predicted molar refractivity (Wildman–Crippen MR) is 120 cm³/mol. The van der Waals surface area contributed by atoms with Crippen LogP contribution in [0, 0.1) is 5.92 Å². The number of halogens is 1. The van der Waals surface area contributed by atoms with Gasteiger partial charge in [-0.05, 0) is 68.4 Å². The topological polar surface area (TPSA) is 67.2 Å². The summed E-state index contributed by atoms with van der Waals surface area (Å²) in [5, 5.41) is 8.13. The number of carbonyl (C=O) groups excluding carboxylic acids is 2. The quantitative estimate of drug-likeness (QED) is 0.675. The maximum Gasteiger partial charge on any atom is 0.272 e. The van der Waals surface area contributed by atoms with Gasteiger partial charge >= 0.3 is 0 Å². The van der Waals surface area contributed by atoms with Gasteiger partial charge in [-0.25, -0.2) is 0 Å². The first-order valence-corrected chi connectivity index (χ1v) is 11.2. The standard InChI is InChI=1S/C23H31ClN4O2/c1-4-28-21(14-20(26-28)16(2)3)23(30)27-13-5-6-17(15-27)7-12-22(29)25-19-10-8-18(24)9-11-19/h8-11,14,16-17H,4-7,12-13,15H2,1-3H3,(H,25,29). The van der Waals surface area contributed by atoms with E-state index in [-0.39, 0.29) is 17.7 Å². The molecule has 0 spiro atoms. The largest absolute Gasteiger partial charge is 0.337 e. The number of likely N-dealkylation sites (tertiary alicyclic amines) is 1.